The Morgan fingerprint density at radius 2 is 2.08 bits per heavy atom. The van der Waals surface area contributed by atoms with Crippen LogP contribution in [0.1, 0.15) is 40.0 Å². The fourth-order valence-electron chi connectivity index (χ4n) is 0.980. The van der Waals surface area contributed by atoms with Gasteiger partial charge in [0.25, 0.3) is 0 Å². The van der Waals surface area contributed by atoms with E-state index in [1.165, 1.54) is 12.8 Å². The second-order valence-electron chi connectivity index (χ2n) is 4.19. The first-order chi connectivity index (χ1) is 5.64. The summed E-state index contributed by atoms with van der Waals surface area (Å²) in [5.41, 5.74) is 0.0607. The highest BCUT2D eigenvalue weighted by Crippen LogP contribution is 2.18. The van der Waals surface area contributed by atoms with Gasteiger partial charge in [-0.2, -0.15) is 0 Å². The van der Waals surface area contributed by atoms with E-state index in [0.29, 0.717) is 0 Å². The molecule has 0 heterocycles. The molecule has 0 spiro atoms. The first-order valence-corrected chi connectivity index (χ1v) is 5.01. The van der Waals surface area contributed by atoms with Crippen LogP contribution in [-0.2, 0) is 4.74 Å². The Labute approximate surface area is 75.7 Å². The lowest BCUT2D eigenvalue weighted by molar-refractivity contribution is -0.0181. The quantitative estimate of drug-likeness (QED) is 0.617. The van der Waals surface area contributed by atoms with Crippen molar-refractivity contribution in [2.24, 2.45) is 0 Å². The van der Waals surface area contributed by atoms with E-state index >= 15 is 0 Å². The molecule has 1 fully saturated rings. The molecule has 0 aromatic rings. The Bertz CT molecular complexity index is 130. The number of nitrogens with one attached hydrogen (secondary N) is 1. The highest BCUT2D eigenvalue weighted by atomic mass is 16.5. The predicted octanol–water partition coefficient (Wildman–Crippen LogP) is 1.94. The van der Waals surface area contributed by atoms with Crippen molar-refractivity contribution in [3.63, 3.8) is 0 Å². The number of hydrogen-bond donors (Lipinski definition) is 1. The molecule has 1 N–H and O–H groups in total. The molecule has 2 heteroatoms. The summed E-state index contributed by atoms with van der Waals surface area (Å²) in [5.74, 6) is 0. The zero-order valence-electron chi connectivity index (χ0n) is 8.52. The summed E-state index contributed by atoms with van der Waals surface area (Å²) in [7, 11) is 0. The van der Waals surface area contributed by atoms with Gasteiger partial charge in [0, 0.05) is 12.6 Å². The van der Waals surface area contributed by atoms with Crippen molar-refractivity contribution in [3.8, 4) is 0 Å². The molecule has 0 aromatic carbocycles. The summed E-state index contributed by atoms with van der Waals surface area (Å²) < 4.78 is 5.69. The second-order valence-corrected chi connectivity index (χ2v) is 4.19. The van der Waals surface area contributed by atoms with Gasteiger partial charge >= 0.3 is 0 Å². The minimum Gasteiger partial charge on any atom is -0.374 e. The van der Waals surface area contributed by atoms with Gasteiger partial charge in [-0.05, 0) is 33.1 Å². The van der Waals surface area contributed by atoms with Gasteiger partial charge in [0.1, 0.15) is 0 Å². The molecule has 0 aromatic heterocycles. The average Bonchev–Trinajstić information content (AvgIpc) is 2.82. The van der Waals surface area contributed by atoms with Crippen LogP contribution in [0.5, 0.6) is 0 Å². The maximum Gasteiger partial charge on any atom is 0.0624 e. The number of ether oxygens (including phenoxy) is 1. The Hall–Kier alpha value is -0.0800. The lowest BCUT2D eigenvalue weighted by Crippen LogP contribution is -2.29. The maximum atomic E-state index is 5.69. The van der Waals surface area contributed by atoms with Gasteiger partial charge < -0.3 is 10.1 Å². The summed E-state index contributed by atoms with van der Waals surface area (Å²) in [6.07, 6.45) is 3.80. The van der Waals surface area contributed by atoms with Gasteiger partial charge in [-0.3, -0.25) is 0 Å². The van der Waals surface area contributed by atoms with Gasteiger partial charge in [-0.25, -0.2) is 0 Å². The van der Waals surface area contributed by atoms with E-state index in [1.54, 1.807) is 0 Å². The normalized spacial score (nSPS) is 18.2. The molecule has 0 aliphatic heterocycles. The van der Waals surface area contributed by atoms with E-state index < -0.39 is 0 Å². The average molecular weight is 171 g/mol. The third-order valence-electron chi connectivity index (χ3n) is 2.46. The number of rotatable bonds is 6. The van der Waals surface area contributed by atoms with E-state index in [1.807, 2.05) is 0 Å². The lowest BCUT2D eigenvalue weighted by Gasteiger charge is -2.23. The van der Waals surface area contributed by atoms with Crippen molar-refractivity contribution in [2.75, 3.05) is 13.2 Å². The molecule has 0 atom stereocenters. The molecule has 0 radical (unpaired) electrons. The van der Waals surface area contributed by atoms with Crippen LogP contribution in [-0.4, -0.2) is 24.8 Å². The highest BCUT2D eigenvalue weighted by Gasteiger charge is 2.20. The van der Waals surface area contributed by atoms with Crippen LogP contribution in [0, 0.1) is 0 Å². The Morgan fingerprint density at radius 1 is 1.42 bits per heavy atom. The molecule has 0 bridgehead atoms. The van der Waals surface area contributed by atoms with E-state index in [4.69, 9.17) is 4.74 Å². The molecule has 1 rings (SSSR count). The van der Waals surface area contributed by atoms with Gasteiger partial charge in [-0.15, -0.1) is 0 Å². The molecule has 12 heavy (non-hydrogen) atoms. The molecule has 0 amide bonds. The number of hydrogen-bond acceptors (Lipinski definition) is 2. The molecular formula is C10H21NO. The Kier molecular flexibility index (Phi) is 3.53. The molecule has 0 saturated heterocycles. The summed E-state index contributed by atoms with van der Waals surface area (Å²) in [4.78, 5) is 0. The first kappa shape index (κ1) is 10.0. The van der Waals surface area contributed by atoms with Crippen LogP contribution in [0.25, 0.3) is 0 Å². The van der Waals surface area contributed by atoms with Gasteiger partial charge in [0.05, 0.1) is 12.2 Å². The van der Waals surface area contributed by atoms with E-state index in [0.717, 1.165) is 25.6 Å². The minimum atomic E-state index is 0.0607. The largest absolute Gasteiger partial charge is 0.374 e. The molecule has 1 aliphatic rings. The summed E-state index contributed by atoms with van der Waals surface area (Å²) in [6.45, 7) is 8.30. The summed E-state index contributed by atoms with van der Waals surface area (Å²) in [5, 5.41) is 3.43. The van der Waals surface area contributed by atoms with Crippen molar-refractivity contribution >= 4 is 0 Å². The van der Waals surface area contributed by atoms with Crippen LogP contribution in [0.3, 0.4) is 0 Å². The highest BCUT2D eigenvalue weighted by molar-refractivity contribution is 4.80. The third-order valence-corrected chi connectivity index (χ3v) is 2.46. The molecule has 1 saturated carbocycles. The third kappa shape index (κ3) is 4.07. The summed E-state index contributed by atoms with van der Waals surface area (Å²) >= 11 is 0. The molecule has 72 valence electrons. The van der Waals surface area contributed by atoms with Crippen LogP contribution in [0.4, 0.5) is 0 Å². The van der Waals surface area contributed by atoms with Crippen molar-refractivity contribution in [1.29, 1.82) is 0 Å². The van der Waals surface area contributed by atoms with E-state index in [2.05, 4.69) is 26.1 Å². The fourth-order valence-corrected chi connectivity index (χ4v) is 0.980. The zero-order chi connectivity index (χ0) is 9.03. The lowest BCUT2D eigenvalue weighted by atomic mass is 10.1. The van der Waals surface area contributed by atoms with Gasteiger partial charge in [-0.1, -0.05) is 6.92 Å². The molecular weight excluding hydrogens is 150 g/mol. The first-order valence-electron chi connectivity index (χ1n) is 5.01. The Balaban J connectivity index is 1.92. The molecule has 1 aliphatic carbocycles. The zero-order valence-corrected chi connectivity index (χ0v) is 8.52. The van der Waals surface area contributed by atoms with Crippen molar-refractivity contribution in [3.05, 3.63) is 0 Å². The van der Waals surface area contributed by atoms with Crippen molar-refractivity contribution < 1.29 is 4.74 Å². The predicted molar refractivity (Wildman–Crippen MR) is 51.3 cm³/mol. The van der Waals surface area contributed by atoms with E-state index in [-0.39, 0.29) is 5.60 Å². The Morgan fingerprint density at radius 3 is 2.58 bits per heavy atom. The van der Waals surface area contributed by atoms with Crippen LogP contribution in [0.15, 0.2) is 0 Å². The molecule has 0 unspecified atom stereocenters. The van der Waals surface area contributed by atoms with Crippen LogP contribution >= 0.6 is 0 Å². The maximum absolute atomic E-state index is 5.69. The topological polar surface area (TPSA) is 21.3 Å². The fraction of sp³-hybridized carbons (Fsp3) is 1.00. The van der Waals surface area contributed by atoms with E-state index in [9.17, 15) is 0 Å². The van der Waals surface area contributed by atoms with Gasteiger partial charge in [0.2, 0.25) is 0 Å². The van der Waals surface area contributed by atoms with Gasteiger partial charge in [0.15, 0.2) is 0 Å². The second kappa shape index (κ2) is 4.24. The standard InChI is InChI=1S/C10H21NO/c1-4-10(2,3)12-8-7-11-9-5-6-9/h9,11H,4-8H2,1-3H3. The molecule has 2 nitrogen and oxygen atoms in total. The SMILES string of the molecule is CCC(C)(C)OCCNC1CC1. The van der Waals surface area contributed by atoms with Crippen LogP contribution in [0.2, 0.25) is 0 Å². The van der Waals surface area contributed by atoms with Crippen LogP contribution < -0.4 is 5.32 Å². The van der Waals surface area contributed by atoms with Crippen molar-refractivity contribution in [2.45, 2.75) is 51.7 Å². The summed E-state index contributed by atoms with van der Waals surface area (Å²) in [6, 6.07) is 0.804. The smallest absolute Gasteiger partial charge is 0.0624 e. The van der Waals surface area contributed by atoms with Crippen molar-refractivity contribution in [1.82, 2.24) is 5.32 Å². The minimum absolute atomic E-state index is 0.0607. The monoisotopic (exact) mass is 171 g/mol.